The predicted molar refractivity (Wildman–Crippen MR) is 141 cm³/mol. The topological polar surface area (TPSA) is 74.4 Å². The Morgan fingerprint density at radius 2 is 1.86 bits per heavy atom. The normalized spacial score (nSPS) is 17.5. The van der Waals surface area contributed by atoms with Crippen LogP contribution in [0.1, 0.15) is 39.0 Å². The van der Waals surface area contributed by atoms with Crippen LogP contribution in [0.15, 0.2) is 77.4 Å². The number of amides is 2. The van der Waals surface area contributed by atoms with Crippen molar-refractivity contribution in [3.63, 3.8) is 0 Å². The molecule has 1 aromatic heterocycles. The van der Waals surface area contributed by atoms with Gasteiger partial charge in [-0.2, -0.15) is 0 Å². The van der Waals surface area contributed by atoms with Gasteiger partial charge in [0.15, 0.2) is 0 Å². The first-order valence-electron chi connectivity index (χ1n) is 11.5. The Labute approximate surface area is 212 Å². The molecule has 0 unspecified atom stereocenters. The van der Waals surface area contributed by atoms with E-state index in [1.54, 1.807) is 18.1 Å². The third-order valence-corrected chi connectivity index (χ3v) is 7.14. The highest BCUT2D eigenvalue weighted by molar-refractivity contribution is 9.10. The highest BCUT2D eigenvalue weighted by Crippen LogP contribution is 2.45. The fraction of sp³-hybridized carbons (Fsp3) is 0.214. The molecule has 1 aliphatic rings. The molecule has 178 valence electrons. The second-order valence-corrected chi connectivity index (χ2v) is 9.65. The van der Waals surface area contributed by atoms with Crippen molar-refractivity contribution in [2.45, 2.75) is 18.9 Å². The molecule has 0 saturated heterocycles. The molecule has 1 aliphatic heterocycles. The van der Waals surface area contributed by atoms with Gasteiger partial charge in [-0.15, -0.1) is 0 Å². The lowest BCUT2D eigenvalue weighted by molar-refractivity contribution is -0.119. The second-order valence-electron chi connectivity index (χ2n) is 8.74. The fourth-order valence-corrected chi connectivity index (χ4v) is 5.45. The summed E-state index contributed by atoms with van der Waals surface area (Å²) in [4.78, 5) is 32.8. The number of aromatic amines is 1. The summed E-state index contributed by atoms with van der Waals surface area (Å²) in [7, 11) is 1.61. The lowest BCUT2D eigenvalue weighted by Gasteiger charge is -2.41. The van der Waals surface area contributed by atoms with Gasteiger partial charge in [0.05, 0.1) is 18.6 Å². The highest BCUT2D eigenvalue weighted by Gasteiger charge is 2.44. The van der Waals surface area contributed by atoms with Gasteiger partial charge in [-0.1, -0.05) is 52.3 Å². The molecule has 7 heteroatoms. The smallest absolute Gasteiger partial charge is 0.254 e. The zero-order chi connectivity index (χ0) is 24.5. The number of anilines is 1. The molecule has 0 spiro atoms. The summed E-state index contributed by atoms with van der Waals surface area (Å²) in [6.45, 7) is 2.70. The van der Waals surface area contributed by atoms with E-state index in [9.17, 15) is 9.59 Å². The Morgan fingerprint density at radius 1 is 1.09 bits per heavy atom. The van der Waals surface area contributed by atoms with E-state index >= 15 is 0 Å². The van der Waals surface area contributed by atoms with Crippen LogP contribution in [0.5, 0.6) is 0 Å². The van der Waals surface area contributed by atoms with E-state index in [1.165, 1.54) is 0 Å². The van der Waals surface area contributed by atoms with Crippen molar-refractivity contribution in [2.75, 3.05) is 25.6 Å². The lowest BCUT2D eigenvalue weighted by Crippen LogP contribution is -2.47. The van der Waals surface area contributed by atoms with E-state index < -0.39 is 12.0 Å². The number of methoxy groups -OCH3 is 1. The van der Waals surface area contributed by atoms with E-state index in [0.717, 1.165) is 37.8 Å². The SMILES string of the molecule is COCCN1C(=O)c2ccccc2[C@@H](C(=O)Nc2ccc(Br)cc2C)[C@@H]1c1c[nH]c2ccccc12. The summed E-state index contributed by atoms with van der Waals surface area (Å²) in [5.41, 5.74) is 4.85. The molecule has 6 nitrogen and oxygen atoms in total. The van der Waals surface area contributed by atoms with E-state index in [4.69, 9.17) is 4.74 Å². The largest absolute Gasteiger partial charge is 0.383 e. The minimum absolute atomic E-state index is 0.100. The first-order chi connectivity index (χ1) is 17.0. The summed E-state index contributed by atoms with van der Waals surface area (Å²) >= 11 is 3.49. The van der Waals surface area contributed by atoms with E-state index in [-0.39, 0.29) is 11.8 Å². The molecule has 2 amide bonds. The van der Waals surface area contributed by atoms with Crippen LogP contribution in [0, 0.1) is 6.92 Å². The maximum atomic E-state index is 14.0. The maximum Gasteiger partial charge on any atom is 0.254 e. The van der Waals surface area contributed by atoms with Gasteiger partial charge >= 0.3 is 0 Å². The number of aryl methyl sites for hydroxylation is 1. The molecule has 0 radical (unpaired) electrons. The Kier molecular flexibility index (Phi) is 6.45. The van der Waals surface area contributed by atoms with Crippen LogP contribution < -0.4 is 5.32 Å². The van der Waals surface area contributed by atoms with Gasteiger partial charge in [0, 0.05) is 52.0 Å². The van der Waals surface area contributed by atoms with Crippen LogP contribution in [0.3, 0.4) is 0 Å². The summed E-state index contributed by atoms with van der Waals surface area (Å²) in [5.74, 6) is -0.868. The summed E-state index contributed by atoms with van der Waals surface area (Å²) in [6, 6.07) is 20.6. The van der Waals surface area contributed by atoms with Crippen molar-refractivity contribution in [1.29, 1.82) is 0 Å². The van der Waals surface area contributed by atoms with Crippen molar-refractivity contribution < 1.29 is 14.3 Å². The third kappa shape index (κ3) is 4.26. The summed E-state index contributed by atoms with van der Waals surface area (Å²) in [6.07, 6.45) is 1.92. The zero-order valence-corrected chi connectivity index (χ0v) is 21.1. The van der Waals surface area contributed by atoms with Crippen LogP contribution in [0.4, 0.5) is 5.69 Å². The molecule has 3 aromatic carbocycles. The number of carbonyl (C=O) groups excluding carboxylic acids is 2. The molecule has 2 heterocycles. The van der Waals surface area contributed by atoms with Crippen LogP contribution in [-0.4, -0.2) is 42.0 Å². The number of benzene rings is 3. The van der Waals surface area contributed by atoms with Gasteiger partial charge < -0.3 is 19.9 Å². The number of carbonyl (C=O) groups is 2. The first kappa shape index (κ1) is 23.3. The number of fused-ring (bicyclic) bond motifs is 2. The number of para-hydroxylation sites is 1. The lowest BCUT2D eigenvalue weighted by atomic mass is 9.79. The van der Waals surface area contributed by atoms with Gasteiger partial charge in [0.2, 0.25) is 5.91 Å². The van der Waals surface area contributed by atoms with Crippen molar-refractivity contribution in [3.05, 3.63) is 99.7 Å². The zero-order valence-electron chi connectivity index (χ0n) is 19.5. The second kappa shape index (κ2) is 9.68. The monoisotopic (exact) mass is 531 g/mol. The highest BCUT2D eigenvalue weighted by atomic mass is 79.9. The number of nitrogens with zero attached hydrogens (tertiary/aromatic N) is 1. The number of nitrogens with one attached hydrogen (secondary N) is 2. The number of rotatable bonds is 6. The average molecular weight is 532 g/mol. The van der Waals surface area contributed by atoms with Gasteiger partial charge in [-0.3, -0.25) is 9.59 Å². The van der Waals surface area contributed by atoms with Gasteiger partial charge in [-0.25, -0.2) is 0 Å². The molecule has 4 aromatic rings. The minimum Gasteiger partial charge on any atom is -0.383 e. The number of H-pyrrole nitrogens is 1. The molecular weight excluding hydrogens is 506 g/mol. The Bertz CT molecular complexity index is 1410. The average Bonchev–Trinajstić information content (AvgIpc) is 3.29. The Hall–Kier alpha value is -3.42. The number of aromatic nitrogens is 1. The predicted octanol–water partition coefficient (Wildman–Crippen LogP) is 5.80. The van der Waals surface area contributed by atoms with Crippen molar-refractivity contribution >= 4 is 44.3 Å². The molecule has 0 saturated carbocycles. The number of hydrogen-bond acceptors (Lipinski definition) is 3. The standard InChI is InChI=1S/C28H26BrN3O3/c1-17-15-18(29)11-12-23(17)31-27(33)25-20-8-3-4-9-21(20)28(34)32(13-14-35-2)26(25)22-16-30-24-10-6-5-7-19(22)24/h3-12,15-16,25-26,30H,13-14H2,1-2H3,(H,31,33)/t25-,26+/m1/s1. The van der Waals surface area contributed by atoms with Crippen molar-refractivity contribution in [3.8, 4) is 0 Å². The van der Waals surface area contributed by atoms with E-state index in [1.807, 2.05) is 73.8 Å². The maximum absolute atomic E-state index is 14.0. The van der Waals surface area contributed by atoms with Crippen molar-refractivity contribution in [1.82, 2.24) is 9.88 Å². The Morgan fingerprint density at radius 3 is 2.66 bits per heavy atom. The number of hydrogen-bond donors (Lipinski definition) is 2. The third-order valence-electron chi connectivity index (χ3n) is 6.64. The number of ether oxygens (including phenoxy) is 1. The minimum atomic E-state index is -0.608. The molecule has 2 atom stereocenters. The van der Waals surface area contributed by atoms with E-state index in [2.05, 4.69) is 26.2 Å². The fourth-order valence-electron chi connectivity index (χ4n) is 4.97. The molecule has 35 heavy (non-hydrogen) atoms. The molecule has 5 rings (SSSR count). The summed E-state index contributed by atoms with van der Waals surface area (Å²) < 4.78 is 6.29. The van der Waals surface area contributed by atoms with Crippen molar-refractivity contribution in [2.24, 2.45) is 0 Å². The molecule has 0 fully saturated rings. The molecular formula is C28H26BrN3O3. The molecule has 0 bridgehead atoms. The van der Waals surface area contributed by atoms with Gasteiger partial charge in [0.1, 0.15) is 0 Å². The van der Waals surface area contributed by atoms with E-state index in [0.29, 0.717) is 18.7 Å². The van der Waals surface area contributed by atoms with Gasteiger partial charge in [0.25, 0.3) is 5.91 Å². The van der Waals surface area contributed by atoms with Crippen LogP contribution in [0.25, 0.3) is 10.9 Å². The molecule has 2 N–H and O–H groups in total. The molecule has 0 aliphatic carbocycles. The van der Waals surface area contributed by atoms with Crippen LogP contribution >= 0.6 is 15.9 Å². The summed E-state index contributed by atoms with van der Waals surface area (Å²) in [5, 5.41) is 4.13. The Balaban J connectivity index is 1.67. The van der Waals surface area contributed by atoms with Crippen LogP contribution in [-0.2, 0) is 9.53 Å². The first-order valence-corrected chi connectivity index (χ1v) is 12.3. The van der Waals surface area contributed by atoms with Crippen LogP contribution in [0.2, 0.25) is 0 Å². The number of halogens is 1. The quantitative estimate of drug-likeness (QED) is 0.330. The van der Waals surface area contributed by atoms with Gasteiger partial charge in [-0.05, 0) is 48.4 Å².